The summed E-state index contributed by atoms with van der Waals surface area (Å²) in [6.45, 7) is 4.79. The van der Waals surface area contributed by atoms with Gasteiger partial charge in [0.05, 0.1) is 11.2 Å². The first-order valence-corrected chi connectivity index (χ1v) is 23.3. The molecular formula is C65H48N2. The Kier molecular flexibility index (Phi) is 9.88. The van der Waals surface area contributed by atoms with Gasteiger partial charge in [-0.05, 0) is 133 Å². The van der Waals surface area contributed by atoms with E-state index in [4.69, 9.17) is 0 Å². The van der Waals surface area contributed by atoms with Crippen LogP contribution in [-0.2, 0) is 5.41 Å². The number of aromatic nitrogens is 1. The number of nitrogens with zero attached hydrogens (tertiary/aromatic N) is 2. The molecule has 2 heteroatoms. The summed E-state index contributed by atoms with van der Waals surface area (Å²) in [5.74, 6) is 0. The Morgan fingerprint density at radius 1 is 0.328 bits per heavy atom. The van der Waals surface area contributed by atoms with E-state index in [9.17, 15) is 0 Å². The highest BCUT2D eigenvalue weighted by atomic mass is 15.1. The summed E-state index contributed by atoms with van der Waals surface area (Å²) >= 11 is 0. The van der Waals surface area contributed by atoms with E-state index in [1.807, 2.05) is 0 Å². The minimum atomic E-state index is -0.227. The molecule has 12 rings (SSSR count). The van der Waals surface area contributed by atoms with Crippen LogP contribution >= 0.6 is 0 Å². The van der Waals surface area contributed by atoms with Crippen LogP contribution in [0.4, 0.5) is 17.1 Å². The van der Waals surface area contributed by atoms with Crippen molar-refractivity contribution in [2.75, 3.05) is 4.90 Å². The van der Waals surface area contributed by atoms with Gasteiger partial charge in [0.1, 0.15) is 0 Å². The third kappa shape index (κ3) is 7.06. The summed E-state index contributed by atoms with van der Waals surface area (Å²) in [6.07, 6.45) is 0. The fourth-order valence-corrected chi connectivity index (χ4v) is 10.4. The van der Waals surface area contributed by atoms with E-state index in [2.05, 4.69) is 278 Å². The van der Waals surface area contributed by atoms with Crippen molar-refractivity contribution in [3.05, 3.63) is 266 Å². The minimum Gasteiger partial charge on any atom is -0.311 e. The standard InChI is InChI=1S/C65H48N2/c1-65(2)60-42-52(49-32-39-56(40-33-49)66(54-35-28-47(29-36-54)45-18-8-3-9-19-45)55-37-30-48(31-38-55)46-20-10-4-11-21-46)34-41-57(60)58-43-59-62(44-61(58)65)67(53-26-16-7-17-27-53)64(51-24-14-6-15-25-51)63(59)50-22-12-5-13-23-50/h3-44H,1-2H3. The van der Waals surface area contributed by atoms with Crippen LogP contribution < -0.4 is 4.90 Å². The van der Waals surface area contributed by atoms with E-state index in [0.29, 0.717) is 0 Å². The van der Waals surface area contributed by atoms with Gasteiger partial charge in [0.25, 0.3) is 0 Å². The molecule has 67 heavy (non-hydrogen) atoms. The zero-order valence-electron chi connectivity index (χ0n) is 37.6. The van der Waals surface area contributed by atoms with Gasteiger partial charge in [0.2, 0.25) is 0 Å². The van der Waals surface area contributed by atoms with Crippen molar-refractivity contribution in [2.24, 2.45) is 0 Å². The fourth-order valence-electron chi connectivity index (χ4n) is 10.4. The van der Waals surface area contributed by atoms with Crippen LogP contribution in [-0.4, -0.2) is 4.57 Å². The van der Waals surface area contributed by atoms with Crippen LogP contribution in [0.1, 0.15) is 25.0 Å². The molecule has 318 valence electrons. The number of para-hydroxylation sites is 1. The van der Waals surface area contributed by atoms with E-state index in [-0.39, 0.29) is 5.41 Å². The molecule has 0 bridgehead atoms. The first-order chi connectivity index (χ1) is 33.0. The number of rotatable bonds is 9. The molecule has 11 aromatic rings. The largest absolute Gasteiger partial charge is 0.311 e. The maximum absolute atomic E-state index is 2.48. The molecule has 0 aliphatic heterocycles. The van der Waals surface area contributed by atoms with Gasteiger partial charge in [-0.25, -0.2) is 0 Å². The van der Waals surface area contributed by atoms with Gasteiger partial charge in [-0.15, -0.1) is 0 Å². The summed E-state index contributed by atoms with van der Waals surface area (Å²) in [6, 6.07) is 92.8. The normalized spacial score (nSPS) is 12.4. The second-order valence-electron chi connectivity index (χ2n) is 18.1. The molecule has 1 heterocycles. The van der Waals surface area contributed by atoms with Crippen molar-refractivity contribution in [3.8, 4) is 72.6 Å². The molecule has 0 spiro atoms. The number of fused-ring (bicyclic) bond motifs is 4. The number of hydrogen-bond donors (Lipinski definition) is 0. The van der Waals surface area contributed by atoms with Crippen molar-refractivity contribution in [1.82, 2.24) is 4.57 Å². The third-order valence-corrected chi connectivity index (χ3v) is 13.8. The summed E-state index contributed by atoms with van der Waals surface area (Å²) in [4.78, 5) is 2.36. The Labute approximate surface area is 393 Å². The van der Waals surface area contributed by atoms with E-state index in [0.717, 1.165) is 22.7 Å². The zero-order valence-corrected chi connectivity index (χ0v) is 37.6. The molecule has 0 saturated carbocycles. The van der Waals surface area contributed by atoms with Crippen molar-refractivity contribution in [2.45, 2.75) is 19.3 Å². The second-order valence-corrected chi connectivity index (χ2v) is 18.1. The quantitative estimate of drug-likeness (QED) is 0.140. The molecule has 0 radical (unpaired) electrons. The van der Waals surface area contributed by atoms with Crippen LogP contribution in [0.15, 0.2) is 255 Å². The molecule has 0 N–H and O–H groups in total. The van der Waals surface area contributed by atoms with Crippen molar-refractivity contribution in [3.63, 3.8) is 0 Å². The molecule has 0 unspecified atom stereocenters. The number of anilines is 3. The monoisotopic (exact) mass is 856 g/mol. The highest BCUT2D eigenvalue weighted by Crippen LogP contribution is 2.53. The van der Waals surface area contributed by atoms with E-state index >= 15 is 0 Å². The topological polar surface area (TPSA) is 8.17 Å². The number of hydrogen-bond acceptors (Lipinski definition) is 1. The second kappa shape index (κ2) is 16.5. The first-order valence-electron chi connectivity index (χ1n) is 23.3. The van der Waals surface area contributed by atoms with Crippen molar-refractivity contribution >= 4 is 28.0 Å². The molecular weight excluding hydrogens is 809 g/mol. The van der Waals surface area contributed by atoms with Crippen molar-refractivity contribution in [1.29, 1.82) is 0 Å². The lowest BCUT2D eigenvalue weighted by Gasteiger charge is -2.26. The summed E-state index contributed by atoms with van der Waals surface area (Å²) in [5.41, 5.74) is 22.9. The lowest BCUT2D eigenvalue weighted by atomic mass is 9.81. The Bertz CT molecular complexity index is 3440. The summed E-state index contributed by atoms with van der Waals surface area (Å²) < 4.78 is 2.48. The number of benzene rings is 10. The van der Waals surface area contributed by atoms with Crippen LogP contribution in [0.3, 0.4) is 0 Å². The van der Waals surface area contributed by atoms with Crippen LogP contribution in [0.25, 0.3) is 83.5 Å². The smallest absolute Gasteiger partial charge is 0.0619 e. The van der Waals surface area contributed by atoms with E-state index < -0.39 is 0 Å². The molecule has 0 amide bonds. The zero-order chi connectivity index (χ0) is 44.9. The average Bonchev–Trinajstić information content (AvgIpc) is 3.85. The molecule has 1 aliphatic rings. The molecule has 2 nitrogen and oxygen atoms in total. The minimum absolute atomic E-state index is 0.227. The Morgan fingerprint density at radius 3 is 1.21 bits per heavy atom. The van der Waals surface area contributed by atoms with Gasteiger partial charge in [-0.1, -0.05) is 202 Å². The van der Waals surface area contributed by atoms with Gasteiger partial charge in [-0.3, -0.25) is 0 Å². The highest BCUT2D eigenvalue weighted by Gasteiger charge is 2.37. The van der Waals surface area contributed by atoms with E-state index in [1.54, 1.807) is 0 Å². The molecule has 1 aromatic heterocycles. The maximum Gasteiger partial charge on any atom is 0.0619 e. The van der Waals surface area contributed by atoms with Crippen LogP contribution in [0.5, 0.6) is 0 Å². The summed E-state index contributed by atoms with van der Waals surface area (Å²) in [5, 5.41) is 1.25. The average molecular weight is 857 g/mol. The van der Waals surface area contributed by atoms with Gasteiger partial charge in [0, 0.05) is 39.1 Å². The molecule has 0 saturated heterocycles. The summed E-state index contributed by atoms with van der Waals surface area (Å²) in [7, 11) is 0. The highest BCUT2D eigenvalue weighted by molar-refractivity contribution is 6.08. The Hall–Kier alpha value is -8.46. The fraction of sp³-hybridized carbons (Fsp3) is 0.0462. The Morgan fingerprint density at radius 2 is 0.716 bits per heavy atom. The maximum atomic E-state index is 2.48. The SMILES string of the molecule is CC1(C)c2cc(-c3ccc(N(c4ccc(-c5ccccc5)cc4)c4ccc(-c5ccccc5)cc4)cc3)ccc2-c2cc3c(-c4ccccc4)c(-c4ccccc4)n(-c4ccccc4)c3cc21. The van der Waals surface area contributed by atoms with Gasteiger partial charge in [-0.2, -0.15) is 0 Å². The predicted octanol–water partition coefficient (Wildman–Crippen LogP) is 17.7. The molecule has 1 aliphatic carbocycles. The van der Waals surface area contributed by atoms with E-state index in [1.165, 1.54) is 88.9 Å². The Balaban J connectivity index is 0.943. The first kappa shape index (κ1) is 40.1. The van der Waals surface area contributed by atoms with Crippen LogP contribution in [0, 0.1) is 0 Å². The van der Waals surface area contributed by atoms with Crippen molar-refractivity contribution < 1.29 is 0 Å². The molecule has 0 fully saturated rings. The predicted molar refractivity (Wildman–Crippen MR) is 283 cm³/mol. The van der Waals surface area contributed by atoms with Gasteiger partial charge in [0.15, 0.2) is 0 Å². The van der Waals surface area contributed by atoms with Crippen LogP contribution in [0.2, 0.25) is 0 Å². The van der Waals surface area contributed by atoms with Gasteiger partial charge >= 0.3 is 0 Å². The molecule has 0 atom stereocenters. The molecule has 10 aromatic carbocycles. The third-order valence-electron chi connectivity index (χ3n) is 13.8. The lowest BCUT2D eigenvalue weighted by Crippen LogP contribution is -2.15. The lowest BCUT2D eigenvalue weighted by molar-refractivity contribution is 0.661. The van der Waals surface area contributed by atoms with Gasteiger partial charge < -0.3 is 9.47 Å².